The minimum atomic E-state index is 0.795. The molecule has 0 bridgehead atoms. The van der Waals surface area contributed by atoms with E-state index in [1.165, 1.54) is 44.1 Å². The molecule has 3 unspecified atom stereocenters. The quantitative estimate of drug-likeness (QED) is 0.777. The molecule has 0 spiro atoms. The van der Waals surface area contributed by atoms with Gasteiger partial charge in [0.15, 0.2) is 0 Å². The molecule has 1 N–H and O–H groups in total. The fourth-order valence-electron chi connectivity index (χ4n) is 4.34. The van der Waals surface area contributed by atoms with E-state index in [0.29, 0.717) is 0 Å². The summed E-state index contributed by atoms with van der Waals surface area (Å²) in [5.74, 6) is 3.19. The number of benzene rings is 1. The highest BCUT2D eigenvalue weighted by Crippen LogP contribution is 2.59. The topological polar surface area (TPSA) is 12.0 Å². The molecule has 2 saturated carbocycles. The molecule has 0 aromatic heterocycles. The Balaban J connectivity index is 1.46. The highest BCUT2D eigenvalue weighted by atomic mass is 14.9. The van der Waals surface area contributed by atoms with Crippen LogP contribution in [0.4, 0.5) is 0 Å². The van der Waals surface area contributed by atoms with E-state index in [1.54, 1.807) is 0 Å². The van der Waals surface area contributed by atoms with Gasteiger partial charge in [0, 0.05) is 6.04 Å². The lowest BCUT2D eigenvalue weighted by atomic mass is 9.97. The van der Waals surface area contributed by atoms with E-state index < -0.39 is 0 Å². The SMILES string of the molecule is CCNC(CCCc1ccccc1)C1C2CCCC21. The van der Waals surface area contributed by atoms with Crippen molar-refractivity contribution in [1.29, 1.82) is 0 Å². The molecule has 3 atom stereocenters. The Hall–Kier alpha value is -0.820. The molecule has 0 amide bonds. The Bertz CT molecular complexity index is 376. The summed E-state index contributed by atoms with van der Waals surface area (Å²) in [5.41, 5.74) is 1.49. The van der Waals surface area contributed by atoms with E-state index in [4.69, 9.17) is 0 Å². The van der Waals surface area contributed by atoms with Crippen molar-refractivity contribution in [2.45, 2.75) is 51.5 Å². The number of rotatable bonds is 7. The third-order valence-electron chi connectivity index (χ3n) is 5.23. The summed E-state index contributed by atoms with van der Waals surface area (Å²) in [4.78, 5) is 0. The van der Waals surface area contributed by atoms with Gasteiger partial charge in [-0.25, -0.2) is 0 Å². The van der Waals surface area contributed by atoms with Crippen LogP contribution in [0.5, 0.6) is 0 Å². The standard InChI is InChI=1S/C18H27N/c1-2-19-17(18-15-11-7-12-16(15)18)13-6-10-14-8-4-3-5-9-14/h3-5,8-9,15-19H,2,6-7,10-13H2,1H3. The van der Waals surface area contributed by atoms with Crippen LogP contribution >= 0.6 is 0 Å². The van der Waals surface area contributed by atoms with E-state index in [-0.39, 0.29) is 0 Å². The van der Waals surface area contributed by atoms with Crippen molar-refractivity contribution >= 4 is 0 Å². The van der Waals surface area contributed by atoms with Crippen LogP contribution < -0.4 is 5.32 Å². The Morgan fingerprint density at radius 1 is 1.16 bits per heavy atom. The van der Waals surface area contributed by atoms with E-state index in [0.717, 1.165) is 30.3 Å². The summed E-state index contributed by atoms with van der Waals surface area (Å²) in [7, 11) is 0. The van der Waals surface area contributed by atoms with Gasteiger partial charge in [-0.1, -0.05) is 43.7 Å². The molecule has 3 rings (SSSR count). The molecular weight excluding hydrogens is 230 g/mol. The fourth-order valence-corrected chi connectivity index (χ4v) is 4.34. The maximum Gasteiger partial charge on any atom is 0.0101 e. The molecule has 104 valence electrons. The second-order valence-corrected chi connectivity index (χ2v) is 6.38. The number of aryl methyl sites for hydroxylation is 1. The van der Waals surface area contributed by atoms with Crippen LogP contribution in [-0.2, 0) is 6.42 Å². The Labute approximate surface area is 117 Å². The van der Waals surface area contributed by atoms with Crippen molar-refractivity contribution in [2.24, 2.45) is 17.8 Å². The highest BCUT2D eigenvalue weighted by Gasteiger charge is 2.55. The summed E-state index contributed by atoms with van der Waals surface area (Å²) in [6, 6.07) is 11.7. The van der Waals surface area contributed by atoms with Gasteiger partial charge in [-0.05, 0) is 62.0 Å². The molecule has 0 radical (unpaired) electrons. The lowest BCUT2D eigenvalue weighted by molar-refractivity contribution is 0.384. The van der Waals surface area contributed by atoms with Gasteiger partial charge in [-0.2, -0.15) is 0 Å². The third-order valence-corrected chi connectivity index (χ3v) is 5.23. The minimum Gasteiger partial charge on any atom is -0.314 e. The first-order chi connectivity index (χ1) is 9.40. The Morgan fingerprint density at radius 2 is 1.89 bits per heavy atom. The van der Waals surface area contributed by atoms with Crippen LogP contribution in [0.3, 0.4) is 0 Å². The molecule has 2 aliphatic carbocycles. The first kappa shape index (κ1) is 13.2. The summed E-state index contributed by atoms with van der Waals surface area (Å²) in [5, 5.41) is 3.76. The van der Waals surface area contributed by atoms with Gasteiger partial charge in [-0.3, -0.25) is 0 Å². The average molecular weight is 257 g/mol. The largest absolute Gasteiger partial charge is 0.314 e. The number of hydrogen-bond donors (Lipinski definition) is 1. The molecule has 0 aliphatic heterocycles. The number of hydrogen-bond acceptors (Lipinski definition) is 1. The zero-order valence-corrected chi connectivity index (χ0v) is 12.1. The monoisotopic (exact) mass is 257 g/mol. The van der Waals surface area contributed by atoms with Crippen molar-refractivity contribution in [2.75, 3.05) is 6.54 Å². The lowest BCUT2D eigenvalue weighted by Gasteiger charge is -2.19. The maximum absolute atomic E-state index is 3.76. The lowest BCUT2D eigenvalue weighted by Crippen LogP contribution is -2.32. The predicted octanol–water partition coefficient (Wildman–Crippen LogP) is 4.03. The molecule has 1 heteroatoms. The molecule has 1 aromatic rings. The number of nitrogens with one attached hydrogen (secondary N) is 1. The van der Waals surface area contributed by atoms with E-state index in [2.05, 4.69) is 42.6 Å². The van der Waals surface area contributed by atoms with Gasteiger partial charge in [0.05, 0.1) is 0 Å². The van der Waals surface area contributed by atoms with Gasteiger partial charge in [0.2, 0.25) is 0 Å². The highest BCUT2D eigenvalue weighted by molar-refractivity contribution is 5.14. The molecule has 1 nitrogen and oxygen atoms in total. The third kappa shape index (κ3) is 3.02. The van der Waals surface area contributed by atoms with Crippen LogP contribution in [0, 0.1) is 17.8 Å². The van der Waals surface area contributed by atoms with Crippen molar-refractivity contribution in [3.63, 3.8) is 0 Å². The predicted molar refractivity (Wildman–Crippen MR) is 81.2 cm³/mol. The summed E-state index contributed by atoms with van der Waals surface area (Å²) in [6.07, 6.45) is 8.45. The maximum atomic E-state index is 3.76. The first-order valence-corrected chi connectivity index (χ1v) is 8.17. The van der Waals surface area contributed by atoms with Gasteiger partial charge in [0.25, 0.3) is 0 Å². The van der Waals surface area contributed by atoms with E-state index in [1.807, 2.05) is 0 Å². The summed E-state index contributed by atoms with van der Waals surface area (Å²) < 4.78 is 0. The molecule has 1 aromatic carbocycles. The molecule has 0 saturated heterocycles. The normalized spacial score (nSPS) is 30.1. The van der Waals surface area contributed by atoms with Crippen molar-refractivity contribution < 1.29 is 0 Å². The molecular formula is C18H27N. The van der Waals surface area contributed by atoms with Crippen LogP contribution in [0.15, 0.2) is 30.3 Å². The van der Waals surface area contributed by atoms with Crippen LogP contribution in [0.2, 0.25) is 0 Å². The zero-order chi connectivity index (χ0) is 13.1. The smallest absolute Gasteiger partial charge is 0.0101 e. The average Bonchev–Trinajstić information content (AvgIpc) is 2.91. The van der Waals surface area contributed by atoms with Crippen LogP contribution in [0.1, 0.15) is 44.6 Å². The second kappa shape index (κ2) is 6.09. The number of fused-ring (bicyclic) bond motifs is 1. The zero-order valence-electron chi connectivity index (χ0n) is 12.1. The second-order valence-electron chi connectivity index (χ2n) is 6.38. The van der Waals surface area contributed by atoms with Crippen molar-refractivity contribution in [3.8, 4) is 0 Å². The van der Waals surface area contributed by atoms with E-state index >= 15 is 0 Å². The van der Waals surface area contributed by atoms with Gasteiger partial charge in [-0.15, -0.1) is 0 Å². The van der Waals surface area contributed by atoms with Crippen LogP contribution in [-0.4, -0.2) is 12.6 Å². The Kier molecular flexibility index (Phi) is 4.22. The molecule has 0 heterocycles. The fraction of sp³-hybridized carbons (Fsp3) is 0.667. The summed E-state index contributed by atoms with van der Waals surface area (Å²) >= 11 is 0. The summed E-state index contributed by atoms with van der Waals surface area (Å²) in [6.45, 7) is 3.38. The van der Waals surface area contributed by atoms with E-state index in [9.17, 15) is 0 Å². The molecule has 19 heavy (non-hydrogen) atoms. The van der Waals surface area contributed by atoms with Crippen LogP contribution in [0.25, 0.3) is 0 Å². The van der Waals surface area contributed by atoms with Crippen molar-refractivity contribution in [3.05, 3.63) is 35.9 Å². The van der Waals surface area contributed by atoms with Gasteiger partial charge >= 0.3 is 0 Å². The Morgan fingerprint density at radius 3 is 2.58 bits per heavy atom. The molecule has 2 fully saturated rings. The van der Waals surface area contributed by atoms with Gasteiger partial charge in [0.1, 0.15) is 0 Å². The first-order valence-electron chi connectivity index (χ1n) is 8.17. The minimum absolute atomic E-state index is 0.795. The van der Waals surface area contributed by atoms with Crippen molar-refractivity contribution in [1.82, 2.24) is 5.32 Å². The molecule has 2 aliphatic rings. The van der Waals surface area contributed by atoms with Gasteiger partial charge < -0.3 is 5.32 Å².